The van der Waals surface area contributed by atoms with Gasteiger partial charge in [0.25, 0.3) is 0 Å². The van der Waals surface area contributed by atoms with E-state index in [0.717, 1.165) is 0 Å². The van der Waals surface area contributed by atoms with Gasteiger partial charge in [0, 0.05) is 21.2 Å². The van der Waals surface area contributed by atoms with Crippen LogP contribution >= 0.6 is 46.4 Å². The van der Waals surface area contributed by atoms with E-state index < -0.39 is 0 Å². The molecule has 1 N–H and O–H groups in total. The maximum Gasteiger partial charge on any atom is 0.0688 e. The molecule has 0 aromatic heterocycles. The minimum atomic E-state index is -0.143. The highest BCUT2D eigenvalue weighted by Gasteiger charge is 2.15. The van der Waals surface area contributed by atoms with Gasteiger partial charge in [-0.05, 0) is 23.8 Å². The lowest BCUT2D eigenvalue weighted by Gasteiger charge is -2.13. The number of hydrogen-bond acceptors (Lipinski definition) is 1. The van der Waals surface area contributed by atoms with E-state index in [4.69, 9.17) is 46.4 Å². The number of hydrogen-bond donors (Lipinski definition) is 1. The third-order valence-electron chi connectivity index (χ3n) is 2.53. The van der Waals surface area contributed by atoms with Crippen molar-refractivity contribution in [2.24, 2.45) is 0 Å². The Hall–Kier alpha value is -0.440. The minimum Gasteiger partial charge on any atom is -0.392 e. The lowest BCUT2D eigenvalue weighted by atomic mass is 10.00. The molecule has 2 rings (SSSR count). The molecule has 0 spiro atoms. The largest absolute Gasteiger partial charge is 0.392 e. The smallest absolute Gasteiger partial charge is 0.0688 e. The second-order valence-electron chi connectivity index (χ2n) is 3.68. The summed E-state index contributed by atoms with van der Waals surface area (Å²) >= 11 is 24.3. The first kappa shape index (κ1) is 14.0. The molecular weight excluding hydrogens is 314 g/mol. The molecule has 0 atom stereocenters. The maximum absolute atomic E-state index is 9.37. The SMILES string of the molecule is OCc1cccc(Cl)c1-c1cc(Cl)cc(Cl)c1Cl. The number of benzene rings is 2. The molecule has 0 unspecified atom stereocenters. The lowest BCUT2D eigenvalue weighted by molar-refractivity contribution is 0.282. The zero-order valence-corrected chi connectivity index (χ0v) is 12.1. The summed E-state index contributed by atoms with van der Waals surface area (Å²) in [7, 11) is 0. The van der Waals surface area contributed by atoms with Gasteiger partial charge >= 0.3 is 0 Å². The van der Waals surface area contributed by atoms with Crippen LogP contribution in [0, 0.1) is 0 Å². The molecule has 0 heterocycles. The van der Waals surface area contributed by atoms with E-state index in [1.807, 2.05) is 0 Å². The molecule has 0 aliphatic rings. The molecule has 1 nitrogen and oxygen atoms in total. The summed E-state index contributed by atoms with van der Waals surface area (Å²) in [4.78, 5) is 0. The van der Waals surface area contributed by atoms with Gasteiger partial charge in [0.2, 0.25) is 0 Å². The summed E-state index contributed by atoms with van der Waals surface area (Å²) in [5.41, 5.74) is 1.93. The number of halogens is 4. The van der Waals surface area contributed by atoms with Crippen molar-refractivity contribution in [3.05, 3.63) is 56.0 Å². The second-order valence-corrected chi connectivity index (χ2v) is 5.31. The van der Waals surface area contributed by atoms with Gasteiger partial charge in [-0.25, -0.2) is 0 Å². The van der Waals surface area contributed by atoms with Crippen LogP contribution in [0.2, 0.25) is 20.1 Å². The summed E-state index contributed by atoms with van der Waals surface area (Å²) in [5, 5.41) is 11.0. The van der Waals surface area contributed by atoms with Crippen LogP contribution in [0.5, 0.6) is 0 Å². The molecule has 0 aliphatic carbocycles. The van der Waals surface area contributed by atoms with Crippen molar-refractivity contribution in [1.29, 1.82) is 0 Å². The average molecular weight is 322 g/mol. The Balaban J connectivity index is 2.76. The summed E-state index contributed by atoms with van der Waals surface area (Å²) in [6.07, 6.45) is 0. The van der Waals surface area contributed by atoms with Gasteiger partial charge in [-0.1, -0.05) is 58.5 Å². The quantitative estimate of drug-likeness (QED) is 0.728. The molecule has 0 bridgehead atoms. The number of aliphatic hydroxyl groups excluding tert-OH is 1. The van der Waals surface area contributed by atoms with E-state index in [0.29, 0.717) is 36.8 Å². The van der Waals surface area contributed by atoms with E-state index in [1.165, 1.54) is 0 Å². The molecule has 0 saturated heterocycles. The first-order chi connectivity index (χ1) is 8.54. The van der Waals surface area contributed by atoms with Gasteiger partial charge in [-0.3, -0.25) is 0 Å². The Morgan fingerprint density at radius 3 is 2.33 bits per heavy atom. The third kappa shape index (κ3) is 2.61. The molecule has 94 valence electrons. The van der Waals surface area contributed by atoms with E-state index >= 15 is 0 Å². The molecule has 0 amide bonds. The molecule has 2 aromatic carbocycles. The highest BCUT2D eigenvalue weighted by Crippen LogP contribution is 2.41. The van der Waals surface area contributed by atoms with Crippen molar-refractivity contribution in [2.75, 3.05) is 0 Å². The normalized spacial score (nSPS) is 10.7. The molecule has 5 heteroatoms. The predicted octanol–water partition coefficient (Wildman–Crippen LogP) is 5.46. The van der Waals surface area contributed by atoms with E-state index in [9.17, 15) is 5.11 Å². The molecule has 0 aliphatic heterocycles. The van der Waals surface area contributed by atoms with Crippen LogP contribution in [-0.2, 0) is 6.61 Å². The molecule has 0 saturated carbocycles. The van der Waals surface area contributed by atoms with Crippen LogP contribution in [0.1, 0.15) is 5.56 Å². The Morgan fingerprint density at radius 2 is 1.67 bits per heavy atom. The van der Waals surface area contributed by atoms with E-state index in [2.05, 4.69) is 0 Å². The Morgan fingerprint density at radius 1 is 0.944 bits per heavy atom. The zero-order chi connectivity index (χ0) is 13.3. The van der Waals surface area contributed by atoms with Crippen molar-refractivity contribution in [2.45, 2.75) is 6.61 Å². The first-order valence-corrected chi connectivity index (χ1v) is 6.59. The van der Waals surface area contributed by atoms with Crippen LogP contribution in [0.25, 0.3) is 11.1 Å². The molecule has 0 radical (unpaired) electrons. The molecule has 2 aromatic rings. The van der Waals surface area contributed by atoms with Crippen LogP contribution < -0.4 is 0 Å². The first-order valence-electron chi connectivity index (χ1n) is 5.07. The number of aliphatic hydroxyl groups is 1. The van der Waals surface area contributed by atoms with Gasteiger partial charge in [0.05, 0.1) is 16.7 Å². The Labute approximate surface area is 125 Å². The summed E-state index contributed by atoms with van der Waals surface area (Å²) in [6.45, 7) is -0.143. The third-order valence-corrected chi connectivity index (χ3v) is 3.87. The van der Waals surface area contributed by atoms with Gasteiger partial charge < -0.3 is 5.11 Å². The minimum absolute atomic E-state index is 0.143. The van der Waals surface area contributed by atoms with Crippen molar-refractivity contribution in [1.82, 2.24) is 0 Å². The zero-order valence-electron chi connectivity index (χ0n) is 9.05. The lowest BCUT2D eigenvalue weighted by Crippen LogP contribution is -1.92. The fourth-order valence-corrected chi connectivity index (χ4v) is 2.73. The molecule has 0 fully saturated rings. The highest BCUT2D eigenvalue weighted by molar-refractivity contribution is 6.45. The fraction of sp³-hybridized carbons (Fsp3) is 0.0769. The van der Waals surface area contributed by atoms with Crippen molar-refractivity contribution >= 4 is 46.4 Å². The Kier molecular flexibility index (Phi) is 4.41. The van der Waals surface area contributed by atoms with Crippen molar-refractivity contribution in [3.8, 4) is 11.1 Å². The summed E-state index contributed by atoms with van der Waals surface area (Å²) in [6, 6.07) is 8.49. The predicted molar refractivity (Wildman–Crippen MR) is 77.8 cm³/mol. The van der Waals surface area contributed by atoms with Crippen LogP contribution in [0.15, 0.2) is 30.3 Å². The molecule has 18 heavy (non-hydrogen) atoms. The average Bonchev–Trinajstić information content (AvgIpc) is 2.33. The molecular formula is C13H8Cl4O. The van der Waals surface area contributed by atoms with Gasteiger partial charge in [0.15, 0.2) is 0 Å². The van der Waals surface area contributed by atoms with Crippen LogP contribution in [-0.4, -0.2) is 5.11 Å². The monoisotopic (exact) mass is 320 g/mol. The van der Waals surface area contributed by atoms with Gasteiger partial charge in [-0.15, -0.1) is 0 Å². The maximum atomic E-state index is 9.37. The summed E-state index contributed by atoms with van der Waals surface area (Å²) < 4.78 is 0. The van der Waals surface area contributed by atoms with Crippen LogP contribution in [0.3, 0.4) is 0 Å². The van der Waals surface area contributed by atoms with Crippen molar-refractivity contribution < 1.29 is 5.11 Å². The standard InChI is InChI=1S/C13H8Cl4O/c14-8-4-9(13(17)11(16)5-8)12-7(6-18)2-1-3-10(12)15/h1-5,18H,6H2. The van der Waals surface area contributed by atoms with Gasteiger partial charge in [-0.2, -0.15) is 0 Å². The van der Waals surface area contributed by atoms with E-state index in [1.54, 1.807) is 30.3 Å². The van der Waals surface area contributed by atoms with E-state index in [-0.39, 0.29) is 6.61 Å². The van der Waals surface area contributed by atoms with Gasteiger partial charge in [0.1, 0.15) is 0 Å². The van der Waals surface area contributed by atoms with Crippen molar-refractivity contribution in [3.63, 3.8) is 0 Å². The Bertz CT molecular complexity index is 596. The number of rotatable bonds is 2. The fourth-order valence-electron chi connectivity index (χ4n) is 1.74. The second kappa shape index (κ2) is 5.68. The summed E-state index contributed by atoms with van der Waals surface area (Å²) in [5.74, 6) is 0. The van der Waals surface area contributed by atoms with Crippen LogP contribution in [0.4, 0.5) is 0 Å². The topological polar surface area (TPSA) is 20.2 Å². The highest BCUT2D eigenvalue weighted by atomic mass is 35.5.